The summed E-state index contributed by atoms with van der Waals surface area (Å²) in [6, 6.07) is 8.12. The Hall–Kier alpha value is -1.48. The summed E-state index contributed by atoms with van der Waals surface area (Å²) in [5.74, 6) is 0. The summed E-state index contributed by atoms with van der Waals surface area (Å²) in [6.07, 6.45) is 1.64. The highest BCUT2D eigenvalue weighted by Crippen LogP contribution is 2.27. The van der Waals surface area contributed by atoms with Gasteiger partial charge in [0.15, 0.2) is 0 Å². The van der Waals surface area contributed by atoms with E-state index in [1.54, 1.807) is 6.20 Å². The van der Waals surface area contributed by atoms with E-state index in [4.69, 9.17) is 17.3 Å². The van der Waals surface area contributed by atoms with Crippen LogP contribution < -0.4 is 11.1 Å². The van der Waals surface area contributed by atoms with Crippen molar-refractivity contribution >= 4 is 33.9 Å². The molecule has 0 saturated heterocycles. The van der Waals surface area contributed by atoms with Crippen LogP contribution in [0.4, 0.5) is 11.4 Å². The van der Waals surface area contributed by atoms with Gasteiger partial charge in [0.1, 0.15) is 0 Å². The molecular weight excluding hydrogens is 222 g/mol. The number of hydrogen-bond donors (Lipinski definition) is 2. The topological polar surface area (TPSA) is 50.9 Å². The Balaban J connectivity index is 0.000000606. The number of benzene rings is 1. The molecule has 1 heterocycles. The predicted molar refractivity (Wildman–Crippen MR) is 71.8 cm³/mol. The van der Waals surface area contributed by atoms with E-state index in [1.165, 1.54) is 0 Å². The molecule has 2 rings (SSSR count). The molecule has 0 atom stereocenters. The summed E-state index contributed by atoms with van der Waals surface area (Å²) in [5, 5.41) is 4.01. The highest BCUT2D eigenvalue weighted by molar-refractivity contribution is 6.19. The van der Waals surface area contributed by atoms with E-state index in [2.05, 4.69) is 10.3 Å². The normalized spacial score (nSPS) is 9.44. The Morgan fingerprint density at radius 3 is 2.69 bits per heavy atom. The van der Waals surface area contributed by atoms with Crippen LogP contribution in [-0.4, -0.2) is 11.0 Å². The molecule has 1 aromatic heterocycles. The van der Waals surface area contributed by atoms with E-state index in [-0.39, 0.29) is 0 Å². The summed E-state index contributed by atoms with van der Waals surface area (Å²) in [6.45, 7) is 4.00. The van der Waals surface area contributed by atoms with Crippen molar-refractivity contribution in [1.82, 2.24) is 4.98 Å². The SMILES string of the molecule is CC.Nc1cnc2ccccc2c1NCCl. The van der Waals surface area contributed by atoms with Crippen molar-refractivity contribution in [3.63, 3.8) is 0 Å². The number of pyridine rings is 1. The first-order chi connectivity index (χ1) is 7.83. The van der Waals surface area contributed by atoms with Crippen LogP contribution >= 0.6 is 11.6 Å². The monoisotopic (exact) mass is 237 g/mol. The van der Waals surface area contributed by atoms with E-state index in [1.807, 2.05) is 38.1 Å². The van der Waals surface area contributed by atoms with Crippen molar-refractivity contribution in [3.05, 3.63) is 30.5 Å². The maximum Gasteiger partial charge on any atom is 0.0902 e. The molecule has 3 N–H and O–H groups in total. The van der Waals surface area contributed by atoms with Gasteiger partial charge in [0.05, 0.1) is 29.1 Å². The number of aromatic nitrogens is 1. The molecule has 0 aliphatic heterocycles. The summed E-state index contributed by atoms with van der Waals surface area (Å²) >= 11 is 5.62. The number of hydrogen-bond acceptors (Lipinski definition) is 3. The van der Waals surface area contributed by atoms with Crippen molar-refractivity contribution in [3.8, 4) is 0 Å². The number of nitrogens with one attached hydrogen (secondary N) is 1. The van der Waals surface area contributed by atoms with Crippen molar-refractivity contribution in [2.75, 3.05) is 17.1 Å². The molecule has 4 heteroatoms. The number of alkyl halides is 1. The molecule has 86 valence electrons. The third-order valence-corrected chi connectivity index (χ3v) is 2.18. The molecule has 0 fully saturated rings. The fourth-order valence-corrected chi connectivity index (χ4v) is 1.55. The zero-order chi connectivity index (χ0) is 12.0. The highest BCUT2D eigenvalue weighted by Gasteiger charge is 2.04. The maximum atomic E-state index is 5.79. The number of rotatable bonds is 2. The smallest absolute Gasteiger partial charge is 0.0902 e. The van der Waals surface area contributed by atoms with E-state index in [0.717, 1.165) is 16.6 Å². The molecule has 16 heavy (non-hydrogen) atoms. The van der Waals surface area contributed by atoms with Gasteiger partial charge in [-0.1, -0.05) is 32.0 Å². The molecule has 0 unspecified atom stereocenters. The number of halogens is 1. The van der Waals surface area contributed by atoms with Gasteiger partial charge in [-0.3, -0.25) is 4.98 Å². The van der Waals surface area contributed by atoms with Gasteiger partial charge in [0.2, 0.25) is 0 Å². The predicted octanol–water partition coefficient (Wildman–Crippen LogP) is 3.45. The number of anilines is 2. The Morgan fingerprint density at radius 1 is 1.31 bits per heavy atom. The zero-order valence-corrected chi connectivity index (χ0v) is 10.3. The molecule has 0 aliphatic rings. The van der Waals surface area contributed by atoms with Crippen LogP contribution in [0, 0.1) is 0 Å². The average molecular weight is 238 g/mol. The number of nitrogens with zero attached hydrogens (tertiary/aromatic N) is 1. The lowest BCUT2D eigenvalue weighted by atomic mass is 10.1. The van der Waals surface area contributed by atoms with Gasteiger partial charge in [-0.2, -0.15) is 0 Å². The summed E-state index contributed by atoms with van der Waals surface area (Å²) in [4.78, 5) is 4.22. The standard InChI is InChI=1S/C10H10ClN3.C2H6/c11-6-14-10-7-3-1-2-4-9(7)13-5-8(10)12;1-2/h1-5H,6,12H2,(H,13,14);1-2H3. The fraction of sp³-hybridized carbons (Fsp3) is 0.250. The fourth-order valence-electron chi connectivity index (χ4n) is 1.42. The van der Waals surface area contributed by atoms with Crippen molar-refractivity contribution in [1.29, 1.82) is 0 Å². The van der Waals surface area contributed by atoms with Gasteiger partial charge in [0.25, 0.3) is 0 Å². The number of fused-ring (bicyclic) bond motifs is 1. The maximum absolute atomic E-state index is 5.79. The first-order valence-electron chi connectivity index (χ1n) is 5.26. The Labute approximate surface area is 101 Å². The summed E-state index contributed by atoms with van der Waals surface area (Å²) < 4.78 is 0. The van der Waals surface area contributed by atoms with Gasteiger partial charge >= 0.3 is 0 Å². The van der Waals surface area contributed by atoms with Crippen LogP contribution in [0.25, 0.3) is 10.9 Å². The van der Waals surface area contributed by atoms with Gasteiger partial charge in [-0.05, 0) is 6.07 Å². The molecular formula is C12H16ClN3. The largest absolute Gasteiger partial charge is 0.396 e. The van der Waals surface area contributed by atoms with Crippen molar-refractivity contribution in [2.45, 2.75) is 13.8 Å². The molecule has 0 radical (unpaired) electrons. The Morgan fingerprint density at radius 2 is 2.00 bits per heavy atom. The molecule has 3 nitrogen and oxygen atoms in total. The van der Waals surface area contributed by atoms with Crippen LogP contribution in [0.15, 0.2) is 30.5 Å². The minimum absolute atomic E-state index is 0.332. The lowest BCUT2D eigenvalue weighted by Crippen LogP contribution is -2.01. The first-order valence-corrected chi connectivity index (χ1v) is 5.79. The summed E-state index contributed by atoms with van der Waals surface area (Å²) in [5.41, 5.74) is 8.17. The highest BCUT2D eigenvalue weighted by atomic mass is 35.5. The number of nitrogens with two attached hydrogens (primary N) is 1. The van der Waals surface area contributed by atoms with Crippen LogP contribution in [-0.2, 0) is 0 Å². The molecule has 0 amide bonds. The van der Waals surface area contributed by atoms with E-state index in [0.29, 0.717) is 11.7 Å². The molecule has 1 aromatic carbocycles. The van der Waals surface area contributed by atoms with E-state index >= 15 is 0 Å². The van der Waals surface area contributed by atoms with Crippen LogP contribution in [0.2, 0.25) is 0 Å². The average Bonchev–Trinajstić information content (AvgIpc) is 2.35. The molecule has 2 aromatic rings. The zero-order valence-electron chi connectivity index (χ0n) is 9.50. The molecule has 0 saturated carbocycles. The van der Waals surface area contributed by atoms with Gasteiger partial charge in [-0.15, -0.1) is 11.6 Å². The second kappa shape index (κ2) is 6.18. The molecule has 0 bridgehead atoms. The lowest BCUT2D eigenvalue weighted by Gasteiger charge is -2.09. The van der Waals surface area contributed by atoms with E-state index < -0.39 is 0 Å². The minimum Gasteiger partial charge on any atom is -0.396 e. The Kier molecular flexibility index (Phi) is 4.86. The second-order valence-corrected chi connectivity index (χ2v) is 3.18. The van der Waals surface area contributed by atoms with Crippen molar-refractivity contribution < 1.29 is 0 Å². The lowest BCUT2D eigenvalue weighted by molar-refractivity contribution is 1.38. The van der Waals surface area contributed by atoms with Crippen LogP contribution in [0.5, 0.6) is 0 Å². The summed E-state index contributed by atoms with van der Waals surface area (Å²) in [7, 11) is 0. The number of para-hydroxylation sites is 1. The van der Waals surface area contributed by atoms with Crippen molar-refractivity contribution in [2.24, 2.45) is 0 Å². The van der Waals surface area contributed by atoms with Gasteiger partial charge in [-0.25, -0.2) is 0 Å². The van der Waals surface area contributed by atoms with Gasteiger partial charge < -0.3 is 11.1 Å². The number of nitrogen functional groups attached to an aromatic ring is 1. The second-order valence-electron chi connectivity index (χ2n) is 2.92. The van der Waals surface area contributed by atoms with Gasteiger partial charge in [0, 0.05) is 5.39 Å². The first kappa shape index (κ1) is 12.6. The quantitative estimate of drug-likeness (QED) is 0.621. The third kappa shape index (κ3) is 2.55. The Bertz CT molecular complexity index is 457. The third-order valence-electron chi connectivity index (χ3n) is 2.05. The molecule has 0 aliphatic carbocycles. The van der Waals surface area contributed by atoms with Crippen LogP contribution in [0.3, 0.4) is 0 Å². The molecule has 0 spiro atoms. The van der Waals surface area contributed by atoms with E-state index in [9.17, 15) is 0 Å². The minimum atomic E-state index is 0.332. The van der Waals surface area contributed by atoms with Crippen LogP contribution in [0.1, 0.15) is 13.8 Å².